The van der Waals surface area contributed by atoms with Crippen molar-refractivity contribution >= 4 is 32.9 Å². The van der Waals surface area contributed by atoms with E-state index in [1.165, 1.54) is 44.0 Å². The average molecular weight is 308 g/mol. The molecule has 2 aliphatic rings. The summed E-state index contributed by atoms with van der Waals surface area (Å²) >= 11 is 0. The van der Waals surface area contributed by atoms with E-state index in [9.17, 15) is 0 Å². The van der Waals surface area contributed by atoms with Crippen LogP contribution in [0.25, 0.3) is 21.5 Å². The van der Waals surface area contributed by atoms with Gasteiger partial charge >= 0.3 is 0 Å². The van der Waals surface area contributed by atoms with Crippen LogP contribution in [0, 0.1) is 0 Å². The van der Waals surface area contributed by atoms with Crippen molar-refractivity contribution in [3.63, 3.8) is 0 Å². The molecule has 0 atom stereocenters. The Kier molecular flexibility index (Phi) is 2.12. The van der Waals surface area contributed by atoms with Crippen LogP contribution in [0.3, 0.4) is 0 Å². The average Bonchev–Trinajstić information content (AvgIpc) is 2.91. The van der Waals surface area contributed by atoms with Gasteiger partial charge in [0.1, 0.15) is 5.66 Å². The van der Waals surface area contributed by atoms with Gasteiger partial charge in [0.05, 0.1) is 0 Å². The van der Waals surface area contributed by atoms with Crippen LogP contribution in [0.2, 0.25) is 0 Å². The first-order valence-corrected chi connectivity index (χ1v) is 8.43. The molecule has 0 amide bonds. The first-order chi connectivity index (χ1) is 11.8. The summed E-state index contributed by atoms with van der Waals surface area (Å²) in [6.07, 6.45) is 0.953. The van der Waals surface area contributed by atoms with Crippen LogP contribution in [0.1, 0.15) is 11.1 Å². The SMILES string of the molecule is c1cc2c3c(cccc3c1)NC1(Cc3cccc4cccc1c34)N2. The molecule has 24 heavy (non-hydrogen) atoms. The maximum atomic E-state index is 3.83. The van der Waals surface area contributed by atoms with E-state index in [2.05, 4.69) is 83.4 Å². The number of nitrogens with one attached hydrogen (secondary N) is 2. The molecule has 0 bridgehead atoms. The number of rotatable bonds is 0. The van der Waals surface area contributed by atoms with Crippen LogP contribution < -0.4 is 10.6 Å². The topological polar surface area (TPSA) is 24.1 Å². The molecule has 4 aromatic carbocycles. The fourth-order valence-electron chi connectivity index (χ4n) is 4.57. The summed E-state index contributed by atoms with van der Waals surface area (Å²) in [6.45, 7) is 0. The van der Waals surface area contributed by atoms with Gasteiger partial charge in [-0.05, 0) is 33.9 Å². The van der Waals surface area contributed by atoms with Crippen molar-refractivity contribution in [3.05, 3.63) is 83.9 Å². The third-order valence-electron chi connectivity index (χ3n) is 5.51. The lowest BCUT2D eigenvalue weighted by molar-refractivity contribution is 0.580. The molecule has 1 spiro atoms. The number of benzene rings is 4. The summed E-state index contributed by atoms with van der Waals surface area (Å²) in [6, 6.07) is 26.3. The van der Waals surface area contributed by atoms with E-state index >= 15 is 0 Å². The summed E-state index contributed by atoms with van der Waals surface area (Å²) in [5.41, 5.74) is 4.93. The zero-order valence-corrected chi connectivity index (χ0v) is 13.1. The van der Waals surface area contributed by atoms with Gasteiger partial charge in [0.25, 0.3) is 0 Å². The highest BCUT2D eigenvalue weighted by atomic mass is 15.2. The molecule has 0 unspecified atom stereocenters. The molecule has 2 heteroatoms. The van der Waals surface area contributed by atoms with Crippen molar-refractivity contribution in [2.24, 2.45) is 0 Å². The second-order valence-electron chi connectivity index (χ2n) is 6.86. The van der Waals surface area contributed by atoms with Crippen LogP contribution >= 0.6 is 0 Å². The number of anilines is 2. The Labute approximate surface area is 140 Å². The van der Waals surface area contributed by atoms with E-state index in [1.54, 1.807) is 0 Å². The number of hydrogen-bond acceptors (Lipinski definition) is 2. The molecule has 0 saturated carbocycles. The maximum Gasteiger partial charge on any atom is 0.139 e. The normalized spacial score (nSPS) is 16.3. The Morgan fingerprint density at radius 1 is 0.625 bits per heavy atom. The molecule has 0 radical (unpaired) electrons. The van der Waals surface area contributed by atoms with Crippen molar-refractivity contribution < 1.29 is 0 Å². The lowest BCUT2D eigenvalue weighted by atomic mass is 9.94. The maximum absolute atomic E-state index is 3.83. The molecular formula is C22H16N2. The highest BCUT2D eigenvalue weighted by molar-refractivity contribution is 6.06. The Morgan fingerprint density at radius 3 is 1.92 bits per heavy atom. The minimum absolute atomic E-state index is 0.258. The van der Waals surface area contributed by atoms with Crippen LogP contribution in [0.5, 0.6) is 0 Å². The summed E-state index contributed by atoms with van der Waals surface area (Å²) in [4.78, 5) is 0. The monoisotopic (exact) mass is 308 g/mol. The summed E-state index contributed by atoms with van der Waals surface area (Å²) < 4.78 is 0. The molecule has 2 nitrogen and oxygen atoms in total. The van der Waals surface area contributed by atoms with Gasteiger partial charge in [0, 0.05) is 28.7 Å². The fourth-order valence-corrected chi connectivity index (χ4v) is 4.57. The summed E-state index contributed by atoms with van der Waals surface area (Å²) in [5, 5.41) is 12.9. The predicted octanol–water partition coefficient (Wildman–Crippen LogP) is 5.24. The minimum Gasteiger partial charge on any atom is -0.358 e. The molecule has 0 saturated heterocycles. The second kappa shape index (κ2) is 4.09. The van der Waals surface area contributed by atoms with Gasteiger partial charge in [-0.1, -0.05) is 60.7 Å². The van der Waals surface area contributed by atoms with Crippen LogP contribution in [0.4, 0.5) is 11.4 Å². The van der Waals surface area contributed by atoms with Crippen LogP contribution in [-0.2, 0) is 12.1 Å². The fraction of sp³-hybridized carbons (Fsp3) is 0.0909. The van der Waals surface area contributed by atoms with Crippen LogP contribution in [0.15, 0.2) is 72.8 Å². The standard InChI is InChI=1S/C22H16N2/c1-5-14-6-2-10-17-20(14)16(9-1)13-22(17)23-18-11-3-7-15-8-4-12-19(24-22)21(15)18/h1-12,23-24H,13H2. The van der Waals surface area contributed by atoms with Crippen molar-refractivity contribution in [2.45, 2.75) is 12.1 Å². The van der Waals surface area contributed by atoms with Gasteiger partial charge in [-0.15, -0.1) is 0 Å². The largest absolute Gasteiger partial charge is 0.358 e. The molecule has 0 fully saturated rings. The van der Waals surface area contributed by atoms with E-state index < -0.39 is 0 Å². The number of hydrogen-bond donors (Lipinski definition) is 2. The second-order valence-corrected chi connectivity index (χ2v) is 6.86. The Balaban J connectivity index is 1.64. The molecule has 2 N–H and O–H groups in total. The Bertz CT molecular complexity index is 1100. The first-order valence-electron chi connectivity index (χ1n) is 8.43. The van der Waals surface area contributed by atoms with Gasteiger partial charge < -0.3 is 10.6 Å². The summed E-state index contributed by atoms with van der Waals surface area (Å²) in [5.74, 6) is 0. The minimum atomic E-state index is -0.258. The first kappa shape index (κ1) is 12.4. The molecule has 1 aliphatic carbocycles. The van der Waals surface area contributed by atoms with Gasteiger partial charge in [0.2, 0.25) is 0 Å². The predicted molar refractivity (Wildman–Crippen MR) is 101 cm³/mol. The van der Waals surface area contributed by atoms with Crippen LogP contribution in [-0.4, -0.2) is 0 Å². The quantitative estimate of drug-likeness (QED) is 0.464. The smallest absolute Gasteiger partial charge is 0.139 e. The van der Waals surface area contributed by atoms with E-state index in [0.29, 0.717) is 0 Å². The van der Waals surface area contributed by atoms with E-state index in [4.69, 9.17) is 0 Å². The molecule has 0 aromatic heterocycles. The molecule has 4 aromatic rings. The molecule has 1 aliphatic heterocycles. The zero-order chi connectivity index (χ0) is 15.7. The van der Waals surface area contributed by atoms with Crippen molar-refractivity contribution in [2.75, 3.05) is 10.6 Å². The number of fused-ring (bicyclic) bond motifs is 1. The molecule has 114 valence electrons. The Hall–Kier alpha value is -3.00. The van der Waals surface area contributed by atoms with Crippen molar-refractivity contribution in [1.29, 1.82) is 0 Å². The van der Waals surface area contributed by atoms with E-state index in [1.807, 2.05) is 0 Å². The molecule has 1 heterocycles. The molecule has 6 rings (SSSR count). The van der Waals surface area contributed by atoms with Crippen molar-refractivity contribution in [3.8, 4) is 0 Å². The van der Waals surface area contributed by atoms with Gasteiger partial charge in [-0.3, -0.25) is 0 Å². The third kappa shape index (κ3) is 1.41. The zero-order valence-electron chi connectivity index (χ0n) is 13.1. The highest BCUT2D eigenvalue weighted by Crippen LogP contribution is 2.48. The molecular weight excluding hydrogens is 292 g/mol. The van der Waals surface area contributed by atoms with E-state index in [0.717, 1.165) is 6.42 Å². The van der Waals surface area contributed by atoms with Gasteiger partial charge in [-0.2, -0.15) is 0 Å². The van der Waals surface area contributed by atoms with E-state index in [-0.39, 0.29) is 5.66 Å². The van der Waals surface area contributed by atoms with Gasteiger partial charge in [-0.25, -0.2) is 0 Å². The van der Waals surface area contributed by atoms with Gasteiger partial charge in [0.15, 0.2) is 0 Å². The lowest BCUT2D eigenvalue weighted by Crippen LogP contribution is -2.45. The highest BCUT2D eigenvalue weighted by Gasteiger charge is 2.42. The van der Waals surface area contributed by atoms with Crippen molar-refractivity contribution in [1.82, 2.24) is 0 Å². The third-order valence-corrected chi connectivity index (χ3v) is 5.51. The lowest BCUT2D eigenvalue weighted by Gasteiger charge is -2.39. The summed E-state index contributed by atoms with van der Waals surface area (Å²) in [7, 11) is 0. The Morgan fingerprint density at radius 2 is 1.21 bits per heavy atom.